The maximum Gasteiger partial charge on any atom is 0.330 e. The number of hydrogen-bond donors (Lipinski definition) is 2. The van der Waals surface area contributed by atoms with Gasteiger partial charge in [-0.3, -0.25) is 0 Å². The zero-order valence-corrected chi connectivity index (χ0v) is 10.3. The lowest BCUT2D eigenvalue weighted by Gasteiger charge is -2.32. The molecule has 5 heteroatoms. The Bertz CT molecular complexity index is 287. The van der Waals surface area contributed by atoms with Crippen LogP contribution in [0, 0.1) is 0 Å². The summed E-state index contributed by atoms with van der Waals surface area (Å²) >= 11 is 0. The minimum Gasteiger partial charge on any atom is -0.463 e. The molecule has 1 aliphatic heterocycles. The molecule has 1 rings (SSSR count). The first-order valence-corrected chi connectivity index (χ1v) is 5.86. The van der Waals surface area contributed by atoms with Gasteiger partial charge in [-0.2, -0.15) is 0 Å². The average molecular weight is 244 g/mol. The number of rotatable bonds is 4. The van der Waals surface area contributed by atoms with E-state index in [2.05, 4.69) is 0 Å². The van der Waals surface area contributed by atoms with Crippen molar-refractivity contribution in [2.75, 3.05) is 13.2 Å². The molecule has 1 heterocycles. The molecule has 1 aliphatic rings. The van der Waals surface area contributed by atoms with Crippen molar-refractivity contribution < 1.29 is 24.5 Å². The van der Waals surface area contributed by atoms with Crippen molar-refractivity contribution in [2.24, 2.45) is 0 Å². The van der Waals surface area contributed by atoms with Crippen LogP contribution in [0.2, 0.25) is 0 Å². The molecule has 0 spiro atoms. The maximum absolute atomic E-state index is 11.2. The van der Waals surface area contributed by atoms with Gasteiger partial charge in [-0.05, 0) is 26.7 Å². The molecular formula is C12H20O5. The summed E-state index contributed by atoms with van der Waals surface area (Å²) in [6.45, 7) is 4.28. The number of esters is 1. The fourth-order valence-electron chi connectivity index (χ4n) is 1.80. The molecule has 0 aromatic heterocycles. The molecule has 17 heavy (non-hydrogen) atoms. The van der Waals surface area contributed by atoms with Crippen molar-refractivity contribution in [1.82, 2.24) is 0 Å². The zero-order valence-electron chi connectivity index (χ0n) is 10.3. The van der Waals surface area contributed by atoms with Gasteiger partial charge in [0.05, 0.1) is 18.8 Å². The van der Waals surface area contributed by atoms with Crippen molar-refractivity contribution in [2.45, 2.75) is 45.0 Å². The van der Waals surface area contributed by atoms with Crippen LogP contribution in [-0.4, -0.2) is 47.7 Å². The molecule has 0 amide bonds. The number of carbonyl (C=O) groups excluding carboxylic acids is 1. The summed E-state index contributed by atoms with van der Waals surface area (Å²) in [4.78, 5) is 11.2. The average Bonchev–Trinajstić information content (AvgIpc) is 2.25. The molecule has 0 aliphatic carbocycles. The van der Waals surface area contributed by atoms with Gasteiger partial charge < -0.3 is 19.7 Å². The summed E-state index contributed by atoms with van der Waals surface area (Å²) in [5, 5.41) is 19.2. The van der Waals surface area contributed by atoms with Crippen molar-refractivity contribution in [1.29, 1.82) is 0 Å². The molecule has 1 fully saturated rings. The highest BCUT2D eigenvalue weighted by Crippen LogP contribution is 2.20. The predicted molar refractivity (Wildman–Crippen MR) is 61.4 cm³/mol. The molecular weight excluding hydrogens is 224 g/mol. The first kappa shape index (κ1) is 14.2. The Kier molecular flexibility index (Phi) is 5.61. The van der Waals surface area contributed by atoms with E-state index in [-0.39, 0.29) is 0 Å². The molecule has 2 N–H and O–H groups in total. The lowest BCUT2D eigenvalue weighted by molar-refractivity contribution is -0.137. The normalized spacial score (nSPS) is 30.1. The summed E-state index contributed by atoms with van der Waals surface area (Å²) in [5.74, 6) is -0.393. The van der Waals surface area contributed by atoms with Crippen LogP contribution in [0.15, 0.2) is 11.6 Å². The van der Waals surface area contributed by atoms with Crippen molar-refractivity contribution >= 4 is 5.97 Å². The van der Waals surface area contributed by atoms with E-state index in [9.17, 15) is 15.0 Å². The number of ether oxygens (including phenoxy) is 2. The smallest absolute Gasteiger partial charge is 0.330 e. The van der Waals surface area contributed by atoms with Gasteiger partial charge in [0.25, 0.3) is 0 Å². The highest BCUT2D eigenvalue weighted by atomic mass is 16.5. The van der Waals surface area contributed by atoms with Crippen LogP contribution in [0.4, 0.5) is 0 Å². The predicted octanol–water partition coefficient (Wildman–Crippen LogP) is 0.397. The molecule has 0 bridgehead atoms. The molecule has 3 atom stereocenters. The molecule has 0 aromatic carbocycles. The summed E-state index contributed by atoms with van der Waals surface area (Å²) < 4.78 is 10.2. The highest BCUT2D eigenvalue weighted by molar-refractivity contribution is 5.82. The van der Waals surface area contributed by atoms with Gasteiger partial charge in [0.1, 0.15) is 6.10 Å². The van der Waals surface area contributed by atoms with Gasteiger partial charge in [-0.1, -0.05) is 5.57 Å². The van der Waals surface area contributed by atoms with E-state index in [0.29, 0.717) is 26.1 Å². The second kappa shape index (κ2) is 6.74. The van der Waals surface area contributed by atoms with E-state index >= 15 is 0 Å². The van der Waals surface area contributed by atoms with Gasteiger partial charge in [-0.25, -0.2) is 4.79 Å². The van der Waals surface area contributed by atoms with E-state index in [1.807, 2.05) is 0 Å². The first-order valence-electron chi connectivity index (χ1n) is 5.86. The van der Waals surface area contributed by atoms with Crippen LogP contribution < -0.4 is 0 Å². The van der Waals surface area contributed by atoms with Gasteiger partial charge in [0, 0.05) is 12.7 Å². The third-order valence-electron chi connectivity index (χ3n) is 2.69. The summed E-state index contributed by atoms with van der Waals surface area (Å²) in [6.07, 6.45) is 0.151. The number of hydrogen-bond acceptors (Lipinski definition) is 5. The minimum atomic E-state index is -0.894. The second-order valence-electron chi connectivity index (χ2n) is 4.20. The fraction of sp³-hybridized carbons (Fsp3) is 0.750. The summed E-state index contributed by atoms with van der Waals surface area (Å²) in [7, 11) is 0. The molecule has 0 radical (unpaired) electrons. The number of aliphatic hydroxyl groups is 2. The Labute approximate surface area is 101 Å². The molecule has 5 nitrogen and oxygen atoms in total. The quantitative estimate of drug-likeness (QED) is 0.553. The molecule has 0 aromatic rings. The van der Waals surface area contributed by atoms with Crippen LogP contribution in [0.1, 0.15) is 26.7 Å². The molecule has 98 valence electrons. The van der Waals surface area contributed by atoms with Gasteiger partial charge in [0.15, 0.2) is 0 Å². The first-order chi connectivity index (χ1) is 8.04. The summed E-state index contributed by atoms with van der Waals surface area (Å²) in [5.41, 5.74) is 0.765. The van der Waals surface area contributed by atoms with Gasteiger partial charge in [-0.15, -0.1) is 0 Å². The Morgan fingerprint density at radius 1 is 1.53 bits per heavy atom. The molecule has 0 saturated carbocycles. The Morgan fingerprint density at radius 3 is 2.88 bits per heavy atom. The Morgan fingerprint density at radius 2 is 2.24 bits per heavy atom. The van der Waals surface area contributed by atoms with Crippen molar-refractivity contribution in [3.05, 3.63) is 11.6 Å². The monoisotopic (exact) mass is 244 g/mol. The van der Waals surface area contributed by atoms with Crippen LogP contribution >= 0.6 is 0 Å². The lowest BCUT2D eigenvalue weighted by atomic mass is 9.97. The summed E-state index contributed by atoms with van der Waals surface area (Å²) in [6, 6.07) is 0. The Balaban J connectivity index is 2.49. The van der Waals surface area contributed by atoms with E-state index in [0.717, 1.165) is 5.57 Å². The number of aliphatic hydroxyl groups excluding tert-OH is 2. The maximum atomic E-state index is 11.2. The second-order valence-corrected chi connectivity index (χ2v) is 4.20. The van der Waals surface area contributed by atoms with Gasteiger partial charge in [0.2, 0.25) is 0 Å². The Hall–Kier alpha value is -0.910. The van der Waals surface area contributed by atoms with E-state index in [1.165, 1.54) is 6.08 Å². The van der Waals surface area contributed by atoms with Crippen molar-refractivity contribution in [3.63, 3.8) is 0 Å². The highest BCUT2D eigenvalue weighted by Gasteiger charge is 2.31. The minimum absolute atomic E-state index is 0.337. The van der Waals surface area contributed by atoms with Crippen LogP contribution in [0.5, 0.6) is 0 Å². The third-order valence-corrected chi connectivity index (χ3v) is 2.69. The standard InChI is InChI=1S/C12H20O5/c1-3-16-11(14)7-8(2)6-10-12(15)9(13)4-5-17-10/h7,9-10,12-13,15H,3-6H2,1-2H3/b8-7+/t9-,10+,12-/m1/s1. The zero-order chi connectivity index (χ0) is 12.8. The van der Waals surface area contributed by atoms with E-state index in [4.69, 9.17) is 9.47 Å². The van der Waals surface area contributed by atoms with Gasteiger partial charge >= 0.3 is 5.97 Å². The largest absolute Gasteiger partial charge is 0.463 e. The van der Waals surface area contributed by atoms with Crippen LogP contribution in [0.3, 0.4) is 0 Å². The number of carbonyl (C=O) groups is 1. The molecule has 0 unspecified atom stereocenters. The van der Waals surface area contributed by atoms with Crippen LogP contribution in [-0.2, 0) is 14.3 Å². The van der Waals surface area contributed by atoms with E-state index < -0.39 is 24.3 Å². The van der Waals surface area contributed by atoms with E-state index in [1.54, 1.807) is 13.8 Å². The SMILES string of the molecule is CCOC(=O)/C=C(\C)C[C@@H]1OCC[C@@H](O)[C@H]1O. The third kappa shape index (κ3) is 4.46. The fourth-order valence-corrected chi connectivity index (χ4v) is 1.80. The van der Waals surface area contributed by atoms with Crippen molar-refractivity contribution in [3.8, 4) is 0 Å². The molecule has 1 saturated heterocycles. The topological polar surface area (TPSA) is 76.0 Å². The lowest BCUT2D eigenvalue weighted by Crippen LogP contribution is -2.44. The van der Waals surface area contributed by atoms with Crippen LogP contribution in [0.25, 0.3) is 0 Å².